The van der Waals surface area contributed by atoms with E-state index in [2.05, 4.69) is 15.6 Å². The van der Waals surface area contributed by atoms with E-state index in [1.807, 2.05) is 53.2 Å². The van der Waals surface area contributed by atoms with E-state index in [9.17, 15) is 4.79 Å². The van der Waals surface area contributed by atoms with Crippen LogP contribution in [0.5, 0.6) is 5.75 Å². The molecule has 0 spiro atoms. The van der Waals surface area contributed by atoms with E-state index in [0.29, 0.717) is 37.8 Å². The Balaban J connectivity index is 1.38. The topological polar surface area (TPSA) is 76.9 Å². The maximum atomic E-state index is 12.3. The van der Waals surface area contributed by atoms with Crippen molar-refractivity contribution in [3.8, 4) is 5.75 Å². The molecule has 1 saturated heterocycles. The molecule has 1 aliphatic heterocycles. The number of amides is 1. The predicted octanol–water partition coefficient (Wildman–Crippen LogP) is 1.84. The molecule has 134 valence electrons. The lowest BCUT2D eigenvalue weighted by molar-refractivity contribution is -0.120. The number of rotatable bonds is 5. The number of carbonyl (C=O) groups excluding carboxylic acids is 1. The van der Waals surface area contributed by atoms with Crippen molar-refractivity contribution in [2.45, 2.75) is 12.6 Å². The first-order valence-corrected chi connectivity index (χ1v) is 8.55. The number of anilines is 1. The summed E-state index contributed by atoms with van der Waals surface area (Å²) in [4.78, 5) is 16.8. The highest BCUT2D eigenvalue weighted by Crippen LogP contribution is 2.19. The lowest BCUT2D eigenvalue weighted by Crippen LogP contribution is -2.48. The number of hydrogen-bond acceptors (Lipinski definition) is 5. The molecule has 7 heteroatoms. The fourth-order valence-electron chi connectivity index (χ4n) is 2.84. The van der Waals surface area contributed by atoms with Gasteiger partial charge in [-0.05, 0) is 24.3 Å². The summed E-state index contributed by atoms with van der Waals surface area (Å²) in [7, 11) is 0. The smallest absolute Gasteiger partial charge is 0.243 e. The van der Waals surface area contributed by atoms with Gasteiger partial charge in [0.1, 0.15) is 24.0 Å². The van der Waals surface area contributed by atoms with Crippen LogP contribution >= 0.6 is 0 Å². The summed E-state index contributed by atoms with van der Waals surface area (Å²) in [5.74, 6) is 0.565. The second kappa shape index (κ2) is 7.55. The van der Waals surface area contributed by atoms with E-state index in [-0.39, 0.29) is 11.9 Å². The fraction of sp³-hybridized carbons (Fsp3) is 0.263. The zero-order valence-electron chi connectivity index (χ0n) is 14.2. The van der Waals surface area contributed by atoms with E-state index < -0.39 is 0 Å². The molecule has 0 radical (unpaired) electrons. The summed E-state index contributed by atoms with van der Waals surface area (Å²) >= 11 is 0. The van der Waals surface area contributed by atoms with E-state index in [0.717, 1.165) is 11.3 Å². The Kier molecular flexibility index (Phi) is 4.81. The van der Waals surface area contributed by atoms with Crippen molar-refractivity contribution in [2.24, 2.45) is 0 Å². The average Bonchev–Trinajstić information content (AvgIpc) is 3.10. The van der Waals surface area contributed by atoms with Gasteiger partial charge in [-0.3, -0.25) is 4.79 Å². The second-order valence-corrected chi connectivity index (χ2v) is 6.09. The molecule has 2 N–H and O–H groups in total. The first-order chi connectivity index (χ1) is 12.8. The highest BCUT2D eigenvalue weighted by atomic mass is 16.5. The fourth-order valence-corrected chi connectivity index (χ4v) is 2.84. The molecule has 1 aromatic carbocycles. The number of pyridine rings is 1. The third-order valence-electron chi connectivity index (χ3n) is 4.14. The van der Waals surface area contributed by atoms with Crippen molar-refractivity contribution in [3.63, 3.8) is 0 Å². The van der Waals surface area contributed by atoms with Crippen LogP contribution in [0.25, 0.3) is 5.65 Å². The van der Waals surface area contributed by atoms with Crippen molar-refractivity contribution in [2.75, 3.05) is 25.1 Å². The quantitative estimate of drug-likeness (QED) is 0.733. The number of morpholine rings is 1. The summed E-state index contributed by atoms with van der Waals surface area (Å²) in [6.45, 7) is 2.06. The van der Waals surface area contributed by atoms with Gasteiger partial charge >= 0.3 is 0 Å². The van der Waals surface area contributed by atoms with Crippen LogP contribution in [0.3, 0.4) is 0 Å². The molecular weight excluding hydrogens is 332 g/mol. The zero-order valence-corrected chi connectivity index (χ0v) is 14.2. The zero-order chi connectivity index (χ0) is 17.8. The van der Waals surface area contributed by atoms with Gasteiger partial charge < -0.3 is 24.5 Å². The molecule has 0 aliphatic carbocycles. The number of hydrogen-bond donors (Lipinski definition) is 2. The number of aromatic nitrogens is 2. The number of carbonyl (C=O) groups is 1. The van der Waals surface area contributed by atoms with Gasteiger partial charge in [-0.25, -0.2) is 4.98 Å². The minimum Gasteiger partial charge on any atom is -0.487 e. The molecule has 1 fully saturated rings. The highest BCUT2D eigenvalue weighted by Gasteiger charge is 2.21. The van der Waals surface area contributed by atoms with Crippen molar-refractivity contribution in [3.05, 3.63) is 60.6 Å². The molecule has 1 amide bonds. The molecule has 1 aliphatic rings. The predicted molar refractivity (Wildman–Crippen MR) is 97.2 cm³/mol. The maximum Gasteiger partial charge on any atom is 0.243 e. The third-order valence-corrected chi connectivity index (χ3v) is 4.14. The van der Waals surface area contributed by atoms with Crippen LogP contribution in [0, 0.1) is 0 Å². The van der Waals surface area contributed by atoms with Gasteiger partial charge in [0.25, 0.3) is 0 Å². The summed E-state index contributed by atoms with van der Waals surface area (Å²) in [6, 6.07) is 12.9. The van der Waals surface area contributed by atoms with Crippen molar-refractivity contribution in [1.82, 2.24) is 14.7 Å². The maximum absolute atomic E-state index is 12.3. The number of fused-ring (bicyclic) bond motifs is 1. The lowest BCUT2D eigenvalue weighted by atomic mass is 10.2. The third kappa shape index (κ3) is 3.84. The van der Waals surface area contributed by atoms with Crippen LogP contribution in [0.2, 0.25) is 0 Å². The first-order valence-electron chi connectivity index (χ1n) is 8.55. The van der Waals surface area contributed by atoms with Gasteiger partial charge in [0.2, 0.25) is 5.91 Å². The molecule has 1 atom stereocenters. The Bertz CT molecular complexity index is 869. The Morgan fingerprint density at radius 3 is 3.15 bits per heavy atom. The standard InChI is InChI=1S/C19H20N4O3/c24-19(17-13-25-9-7-20-17)22-14-4-3-5-16(10-14)26-12-15-11-23-8-2-1-6-18(23)21-15/h1-6,8,10-11,17,20H,7,9,12-13H2,(H,22,24). The van der Waals surface area contributed by atoms with Crippen LogP contribution in [-0.2, 0) is 16.1 Å². The number of nitrogens with one attached hydrogen (secondary N) is 2. The largest absolute Gasteiger partial charge is 0.487 e. The molecule has 1 unspecified atom stereocenters. The van der Waals surface area contributed by atoms with Gasteiger partial charge in [0.05, 0.1) is 18.9 Å². The van der Waals surface area contributed by atoms with E-state index >= 15 is 0 Å². The van der Waals surface area contributed by atoms with E-state index in [1.165, 1.54) is 0 Å². The minimum atomic E-state index is -0.328. The Morgan fingerprint density at radius 1 is 1.35 bits per heavy atom. The summed E-state index contributed by atoms with van der Waals surface area (Å²) in [5.41, 5.74) is 2.42. The molecule has 0 saturated carbocycles. The summed E-state index contributed by atoms with van der Waals surface area (Å²) in [6.07, 6.45) is 3.89. The van der Waals surface area contributed by atoms with Crippen LogP contribution < -0.4 is 15.4 Å². The molecule has 7 nitrogen and oxygen atoms in total. The lowest BCUT2D eigenvalue weighted by Gasteiger charge is -2.22. The van der Waals surface area contributed by atoms with Crippen LogP contribution in [0.4, 0.5) is 5.69 Å². The molecule has 2 aromatic heterocycles. The van der Waals surface area contributed by atoms with Crippen LogP contribution in [-0.4, -0.2) is 41.1 Å². The summed E-state index contributed by atoms with van der Waals surface area (Å²) in [5, 5.41) is 6.02. The minimum absolute atomic E-state index is 0.109. The van der Waals surface area contributed by atoms with Gasteiger partial charge in [-0.2, -0.15) is 0 Å². The molecule has 4 rings (SSSR count). The number of imidazole rings is 1. The Hall–Kier alpha value is -2.90. The molecule has 26 heavy (non-hydrogen) atoms. The highest BCUT2D eigenvalue weighted by molar-refractivity contribution is 5.95. The monoisotopic (exact) mass is 352 g/mol. The first kappa shape index (κ1) is 16.6. The Morgan fingerprint density at radius 2 is 2.31 bits per heavy atom. The van der Waals surface area contributed by atoms with Gasteiger partial charge in [-0.1, -0.05) is 12.1 Å². The molecule has 3 aromatic rings. The SMILES string of the molecule is O=C(Nc1cccc(OCc2cn3ccccc3n2)c1)C1COCCN1. The van der Waals surface area contributed by atoms with Gasteiger partial charge in [0.15, 0.2) is 0 Å². The van der Waals surface area contributed by atoms with Crippen LogP contribution in [0.1, 0.15) is 5.69 Å². The van der Waals surface area contributed by atoms with E-state index in [1.54, 1.807) is 6.07 Å². The molecule has 3 heterocycles. The molecular formula is C19H20N4O3. The molecule has 0 bridgehead atoms. The van der Waals surface area contributed by atoms with Gasteiger partial charge in [-0.15, -0.1) is 0 Å². The Labute approximate surface area is 150 Å². The average molecular weight is 352 g/mol. The number of ether oxygens (including phenoxy) is 2. The second-order valence-electron chi connectivity index (χ2n) is 6.09. The van der Waals surface area contributed by atoms with Crippen molar-refractivity contribution in [1.29, 1.82) is 0 Å². The number of nitrogens with zero attached hydrogens (tertiary/aromatic N) is 2. The summed E-state index contributed by atoms with van der Waals surface area (Å²) < 4.78 is 13.1. The van der Waals surface area contributed by atoms with Gasteiger partial charge in [0, 0.05) is 30.7 Å². The van der Waals surface area contributed by atoms with E-state index in [4.69, 9.17) is 9.47 Å². The number of benzene rings is 1. The normalized spacial score (nSPS) is 17.2. The van der Waals surface area contributed by atoms with Crippen molar-refractivity contribution < 1.29 is 14.3 Å². The van der Waals surface area contributed by atoms with Crippen LogP contribution in [0.15, 0.2) is 54.9 Å². The van der Waals surface area contributed by atoms with Crippen molar-refractivity contribution >= 4 is 17.2 Å².